The van der Waals surface area contributed by atoms with Crippen molar-refractivity contribution in [1.29, 1.82) is 0 Å². The summed E-state index contributed by atoms with van der Waals surface area (Å²) in [6.07, 6.45) is 0. The van der Waals surface area contributed by atoms with E-state index >= 15 is 0 Å². The number of hydrogen-bond acceptors (Lipinski definition) is 4. The summed E-state index contributed by atoms with van der Waals surface area (Å²) in [5.41, 5.74) is 0.676. The molecule has 1 amide bonds. The zero-order valence-corrected chi connectivity index (χ0v) is 12.6. The fourth-order valence-electron chi connectivity index (χ4n) is 1.88. The van der Waals surface area contributed by atoms with Crippen molar-refractivity contribution in [2.75, 3.05) is 6.54 Å². The molecule has 0 unspecified atom stereocenters. The first-order valence-corrected chi connectivity index (χ1v) is 8.51. The van der Waals surface area contributed by atoms with Gasteiger partial charge < -0.3 is 5.32 Å². The zero-order valence-electron chi connectivity index (χ0n) is 10.9. The third-order valence-corrected chi connectivity index (χ3v) is 6.39. The number of carbonyl (C=O) groups excluding carboxylic acids is 1. The topological polar surface area (TPSA) is 63.2 Å². The van der Waals surface area contributed by atoms with E-state index in [1.165, 1.54) is 18.3 Å². The maximum atomic E-state index is 12.7. The summed E-state index contributed by atoms with van der Waals surface area (Å²) in [5, 5.41) is 3.56. The largest absolute Gasteiger partial charge is 0.355 e. The Hall–Kier alpha value is -1.66. The fraction of sp³-hybridized carbons (Fsp3) is 0.214. The Labute approximate surface area is 122 Å². The highest BCUT2D eigenvalue weighted by Crippen LogP contribution is 2.30. The van der Waals surface area contributed by atoms with Crippen LogP contribution in [0.25, 0.3) is 0 Å². The van der Waals surface area contributed by atoms with E-state index in [-0.39, 0.29) is 12.5 Å². The van der Waals surface area contributed by atoms with Gasteiger partial charge in [-0.1, -0.05) is 36.4 Å². The number of sulfone groups is 1. The molecule has 0 aliphatic carbocycles. The molecule has 6 heteroatoms. The summed E-state index contributed by atoms with van der Waals surface area (Å²) in [7, 11) is -3.50. The third kappa shape index (κ3) is 3.26. The Bertz CT molecular complexity index is 664. The van der Waals surface area contributed by atoms with Gasteiger partial charge in [-0.25, -0.2) is 8.42 Å². The molecular formula is C14H15NO3S2. The molecule has 2 aromatic rings. The van der Waals surface area contributed by atoms with Crippen molar-refractivity contribution in [3.63, 3.8) is 0 Å². The first-order chi connectivity index (χ1) is 9.51. The van der Waals surface area contributed by atoms with Crippen molar-refractivity contribution in [3.05, 3.63) is 53.4 Å². The van der Waals surface area contributed by atoms with Gasteiger partial charge in [-0.15, -0.1) is 11.3 Å². The van der Waals surface area contributed by atoms with Gasteiger partial charge in [-0.05, 0) is 17.0 Å². The van der Waals surface area contributed by atoms with Gasteiger partial charge in [0, 0.05) is 13.5 Å². The molecule has 2 rings (SSSR count). The summed E-state index contributed by atoms with van der Waals surface area (Å²) in [5.74, 6) is -0.243. The highest BCUT2D eigenvalue weighted by atomic mass is 32.2. The van der Waals surface area contributed by atoms with E-state index in [9.17, 15) is 13.2 Å². The Morgan fingerprint density at radius 3 is 2.45 bits per heavy atom. The Morgan fingerprint density at radius 1 is 1.20 bits per heavy atom. The molecule has 1 aromatic heterocycles. The van der Waals surface area contributed by atoms with Gasteiger partial charge >= 0.3 is 0 Å². The maximum Gasteiger partial charge on any atom is 0.216 e. The van der Waals surface area contributed by atoms with Crippen molar-refractivity contribution in [2.24, 2.45) is 0 Å². The lowest BCUT2D eigenvalue weighted by Gasteiger charge is -2.17. The third-order valence-electron chi connectivity index (χ3n) is 2.86. The van der Waals surface area contributed by atoms with Crippen LogP contribution in [0.3, 0.4) is 0 Å². The Balaban J connectivity index is 2.39. The van der Waals surface area contributed by atoms with Crippen molar-refractivity contribution in [2.45, 2.75) is 16.4 Å². The smallest absolute Gasteiger partial charge is 0.216 e. The van der Waals surface area contributed by atoms with E-state index in [4.69, 9.17) is 0 Å². The molecule has 1 heterocycles. The molecule has 106 valence electrons. The van der Waals surface area contributed by atoms with E-state index in [1.807, 2.05) is 6.07 Å². The van der Waals surface area contributed by atoms with E-state index in [2.05, 4.69) is 5.32 Å². The molecule has 0 saturated carbocycles. The second-order valence-corrected chi connectivity index (χ2v) is 7.62. The van der Waals surface area contributed by atoms with Crippen LogP contribution >= 0.6 is 11.3 Å². The van der Waals surface area contributed by atoms with E-state index < -0.39 is 15.1 Å². The average Bonchev–Trinajstić information content (AvgIpc) is 2.94. The van der Waals surface area contributed by atoms with Gasteiger partial charge in [0.25, 0.3) is 0 Å². The summed E-state index contributed by atoms with van der Waals surface area (Å²) < 4.78 is 25.6. The lowest BCUT2D eigenvalue weighted by molar-refractivity contribution is -0.118. The van der Waals surface area contributed by atoms with Crippen LogP contribution in [-0.2, 0) is 14.6 Å². The standard InChI is InChI=1S/C14H15NO3S2/c1-11(16)15-10-13(12-6-3-2-4-7-12)20(17,18)14-8-5-9-19-14/h2-9,13H,10H2,1H3,(H,15,16)/t13-/m0/s1. The molecule has 0 aliphatic rings. The van der Waals surface area contributed by atoms with Gasteiger partial charge in [0.15, 0.2) is 9.84 Å². The minimum atomic E-state index is -3.50. The van der Waals surface area contributed by atoms with Crippen molar-refractivity contribution in [3.8, 4) is 0 Å². The molecule has 0 fully saturated rings. The first-order valence-electron chi connectivity index (χ1n) is 6.08. The molecule has 20 heavy (non-hydrogen) atoms. The van der Waals surface area contributed by atoms with E-state index in [0.29, 0.717) is 9.77 Å². The second-order valence-electron chi connectivity index (χ2n) is 4.31. The molecule has 0 saturated heterocycles. The molecule has 1 N–H and O–H groups in total. The number of hydrogen-bond donors (Lipinski definition) is 1. The van der Waals surface area contributed by atoms with Crippen LogP contribution in [0, 0.1) is 0 Å². The van der Waals surface area contributed by atoms with Crippen molar-refractivity contribution < 1.29 is 13.2 Å². The molecule has 0 bridgehead atoms. The number of carbonyl (C=O) groups is 1. The maximum absolute atomic E-state index is 12.7. The SMILES string of the molecule is CC(=O)NC[C@@H](c1ccccc1)S(=O)(=O)c1cccs1. The quantitative estimate of drug-likeness (QED) is 0.922. The molecule has 1 aromatic carbocycles. The number of benzene rings is 1. The summed E-state index contributed by atoms with van der Waals surface area (Å²) in [4.78, 5) is 11.1. The Morgan fingerprint density at radius 2 is 1.90 bits per heavy atom. The zero-order chi connectivity index (χ0) is 14.6. The summed E-state index contributed by atoms with van der Waals surface area (Å²) in [6, 6.07) is 12.2. The van der Waals surface area contributed by atoms with Crippen LogP contribution in [0.5, 0.6) is 0 Å². The van der Waals surface area contributed by atoms with Crippen LogP contribution in [0.4, 0.5) is 0 Å². The number of nitrogens with one attached hydrogen (secondary N) is 1. The Kier molecular flexibility index (Phi) is 4.57. The molecule has 1 atom stereocenters. The highest BCUT2D eigenvalue weighted by Gasteiger charge is 2.29. The lowest BCUT2D eigenvalue weighted by atomic mass is 10.1. The summed E-state index contributed by atoms with van der Waals surface area (Å²) in [6.45, 7) is 1.44. The first kappa shape index (κ1) is 14.7. The van der Waals surface area contributed by atoms with Crippen LogP contribution in [0.1, 0.15) is 17.7 Å². The normalized spacial score (nSPS) is 12.8. The highest BCUT2D eigenvalue weighted by molar-refractivity contribution is 7.93. The molecule has 0 radical (unpaired) electrons. The lowest BCUT2D eigenvalue weighted by Crippen LogP contribution is -2.30. The molecule has 0 aliphatic heterocycles. The fourth-order valence-corrected chi connectivity index (χ4v) is 4.74. The number of rotatable bonds is 5. The van der Waals surface area contributed by atoms with Gasteiger partial charge in [0.2, 0.25) is 5.91 Å². The van der Waals surface area contributed by atoms with Crippen LogP contribution < -0.4 is 5.32 Å². The molecular weight excluding hydrogens is 294 g/mol. The predicted octanol–water partition coefficient (Wildman–Crippen LogP) is 2.40. The van der Waals surface area contributed by atoms with Crippen LogP contribution in [-0.4, -0.2) is 20.9 Å². The summed E-state index contributed by atoms with van der Waals surface area (Å²) >= 11 is 1.19. The number of thiophene rings is 1. The van der Waals surface area contributed by atoms with Gasteiger partial charge in [-0.3, -0.25) is 4.79 Å². The molecule has 0 spiro atoms. The second kappa shape index (κ2) is 6.19. The minimum Gasteiger partial charge on any atom is -0.355 e. The van der Waals surface area contributed by atoms with Crippen molar-refractivity contribution in [1.82, 2.24) is 5.32 Å². The van der Waals surface area contributed by atoms with E-state index in [0.717, 1.165) is 0 Å². The van der Waals surface area contributed by atoms with Gasteiger partial charge in [0.1, 0.15) is 9.46 Å². The van der Waals surface area contributed by atoms with E-state index in [1.54, 1.807) is 41.8 Å². The average molecular weight is 309 g/mol. The van der Waals surface area contributed by atoms with Gasteiger partial charge in [-0.2, -0.15) is 0 Å². The predicted molar refractivity (Wildman–Crippen MR) is 79.4 cm³/mol. The minimum absolute atomic E-state index is 0.0690. The van der Waals surface area contributed by atoms with Crippen LogP contribution in [0.2, 0.25) is 0 Å². The molecule has 4 nitrogen and oxygen atoms in total. The van der Waals surface area contributed by atoms with Crippen molar-refractivity contribution >= 4 is 27.1 Å². The van der Waals surface area contributed by atoms with Gasteiger partial charge in [0.05, 0.1) is 0 Å². The number of amides is 1. The van der Waals surface area contributed by atoms with Crippen LogP contribution in [0.15, 0.2) is 52.1 Å². The monoisotopic (exact) mass is 309 g/mol.